The van der Waals surface area contributed by atoms with E-state index in [1.54, 1.807) is 18.5 Å². The Hall–Kier alpha value is -2.15. The number of carbonyl (C=O) groups excluding carboxylic acids is 3. The summed E-state index contributed by atoms with van der Waals surface area (Å²) in [6.45, 7) is 8.35. The van der Waals surface area contributed by atoms with Gasteiger partial charge in [-0.05, 0) is 37.2 Å². The molecule has 0 spiro atoms. The molecule has 150 valence electrons. The molecule has 7 nitrogen and oxygen atoms in total. The first kappa shape index (κ1) is 21.2. The van der Waals surface area contributed by atoms with E-state index in [4.69, 9.17) is 4.74 Å². The summed E-state index contributed by atoms with van der Waals surface area (Å²) in [5.74, 6) is 0.140. The number of aromatic amines is 1. The number of carbonyl (C=O) groups is 3. The maximum absolute atomic E-state index is 12.9. The van der Waals surface area contributed by atoms with Gasteiger partial charge in [-0.25, -0.2) is 0 Å². The Bertz CT molecular complexity index is 642. The Labute approximate surface area is 160 Å². The molecule has 0 aliphatic carbocycles. The van der Waals surface area contributed by atoms with Crippen LogP contribution in [0.2, 0.25) is 0 Å². The predicted molar refractivity (Wildman–Crippen MR) is 102 cm³/mol. The monoisotopic (exact) mass is 377 g/mol. The van der Waals surface area contributed by atoms with E-state index >= 15 is 0 Å². The third kappa shape index (κ3) is 5.66. The standard InChI is InChI=1S/C20H31N3O4/c1-5-17-18(16(24)11-27-17)23-20(26)15(7-6-13(4)12(2)3)22-19(25)14-8-9-21-10-14/h8-10,12-13,15,17-18,21H,5-7,11H2,1-4H3,(H,22,25)(H,23,26). The molecule has 1 fully saturated rings. The molecule has 1 aromatic heterocycles. The number of rotatable bonds is 9. The molecule has 1 aliphatic rings. The van der Waals surface area contributed by atoms with Crippen molar-refractivity contribution in [1.82, 2.24) is 15.6 Å². The molecule has 0 bridgehead atoms. The van der Waals surface area contributed by atoms with Gasteiger partial charge in [-0.3, -0.25) is 14.4 Å². The van der Waals surface area contributed by atoms with E-state index < -0.39 is 12.1 Å². The van der Waals surface area contributed by atoms with Crippen LogP contribution in [-0.4, -0.2) is 47.4 Å². The summed E-state index contributed by atoms with van der Waals surface area (Å²) < 4.78 is 5.42. The summed E-state index contributed by atoms with van der Waals surface area (Å²) >= 11 is 0. The molecule has 2 heterocycles. The maximum atomic E-state index is 12.9. The fourth-order valence-electron chi connectivity index (χ4n) is 3.10. The summed E-state index contributed by atoms with van der Waals surface area (Å²) in [6.07, 6.45) is 4.89. The zero-order valence-corrected chi connectivity index (χ0v) is 16.6. The number of H-pyrrole nitrogens is 1. The topological polar surface area (TPSA) is 100 Å². The highest BCUT2D eigenvalue weighted by atomic mass is 16.5. The molecule has 2 rings (SSSR count). The van der Waals surface area contributed by atoms with Crippen molar-refractivity contribution in [3.63, 3.8) is 0 Å². The quantitative estimate of drug-likeness (QED) is 0.613. The van der Waals surface area contributed by atoms with Gasteiger partial charge in [0.05, 0.1) is 11.7 Å². The first-order chi connectivity index (χ1) is 12.8. The van der Waals surface area contributed by atoms with E-state index in [9.17, 15) is 14.4 Å². The van der Waals surface area contributed by atoms with Crippen LogP contribution in [0.25, 0.3) is 0 Å². The molecule has 2 amide bonds. The Kier molecular flexibility index (Phi) is 7.59. The van der Waals surface area contributed by atoms with Crippen molar-refractivity contribution in [2.45, 2.75) is 65.1 Å². The van der Waals surface area contributed by atoms with Crippen molar-refractivity contribution >= 4 is 17.6 Å². The van der Waals surface area contributed by atoms with Gasteiger partial charge in [0.25, 0.3) is 5.91 Å². The highest BCUT2D eigenvalue weighted by molar-refractivity contribution is 5.98. The van der Waals surface area contributed by atoms with Crippen LogP contribution in [0.4, 0.5) is 0 Å². The number of aromatic nitrogens is 1. The highest BCUT2D eigenvalue weighted by Gasteiger charge is 2.37. The minimum absolute atomic E-state index is 0.0220. The van der Waals surface area contributed by atoms with Gasteiger partial charge in [0, 0.05) is 12.4 Å². The lowest BCUT2D eigenvalue weighted by Gasteiger charge is -2.24. The van der Waals surface area contributed by atoms with Gasteiger partial charge in [0.2, 0.25) is 5.91 Å². The Morgan fingerprint density at radius 3 is 2.63 bits per heavy atom. The highest BCUT2D eigenvalue weighted by Crippen LogP contribution is 2.18. The van der Waals surface area contributed by atoms with E-state index in [2.05, 4.69) is 36.4 Å². The number of Topliss-reactive ketones (excluding diaryl/α,β-unsaturated/α-hetero) is 1. The molecule has 1 saturated heterocycles. The van der Waals surface area contributed by atoms with E-state index in [1.807, 2.05) is 6.92 Å². The molecular formula is C20H31N3O4. The predicted octanol–water partition coefficient (Wildman–Crippen LogP) is 2.05. The second-order valence-electron chi connectivity index (χ2n) is 7.63. The van der Waals surface area contributed by atoms with Gasteiger partial charge < -0.3 is 20.4 Å². The second kappa shape index (κ2) is 9.69. The van der Waals surface area contributed by atoms with Gasteiger partial charge in [-0.2, -0.15) is 0 Å². The second-order valence-corrected chi connectivity index (χ2v) is 7.63. The average molecular weight is 377 g/mol. The zero-order chi connectivity index (χ0) is 20.0. The number of ether oxygens (including phenoxy) is 1. The van der Waals surface area contributed by atoms with Crippen LogP contribution in [0.1, 0.15) is 57.3 Å². The molecule has 27 heavy (non-hydrogen) atoms. The fraction of sp³-hybridized carbons (Fsp3) is 0.650. The number of hydrogen-bond acceptors (Lipinski definition) is 4. The third-order valence-electron chi connectivity index (χ3n) is 5.39. The summed E-state index contributed by atoms with van der Waals surface area (Å²) in [5.41, 5.74) is 0.469. The lowest BCUT2D eigenvalue weighted by molar-refractivity contribution is -0.127. The number of ketones is 1. The van der Waals surface area contributed by atoms with Crippen molar-refractivity contribution in [3.05, 3.63) is 24.0 Å². The third-order valence-corrected chi connectivity index (χ3v) is 5.39. The van der Waals surface area contributed by atoms with Crippen LogP contribution >= 0.6 is 0 Å². The molecule has 3 N–H and O–H groups in total. The first-order valence-corrected chi connectivity index (χ1v) is 9.71. The molecule has 0 aromatic carbocycles. The Balaban J connectivity index is 2.06. The van der Waals surface area contributed by atoms with E-state index in [1.165, 1.54) is 0 Å². The Morgan fingerprint density at radius 2 is 2.04 bits per heavy atom. The van der Waals surface area contributed by atoms with Gasteiger partial charge >= 0.3 is 0 Å². The summed E-state index contributed by atoms with van der Waals surface area (Å²) in [4.78, 5) is 40.1. The normalized spacial score (nSPS) is 21.9. The van der Waals surface area contributed by atoms with Crippen molar-refractivity contribution < 1.29 is 19.1 Å². The minimum atomic E-state index is -0.695. The first-order valence-electron chi connectivity index (χ1n) is 9.71. The van der Waals surface area contributed by atoms with Crippen LogP contribution in [0, 0.1) is 11.8 Å². The smallest absolute Gasteiger partial charge is 0.253 e. The van der Waals surface area contributed by atoms with Gasteiger partial charge in [-0.15, -0.1) is 0 Å². The van der Waals surface area contributed by atoms with E-state index in [0.717, 1.165) is 6.42 Å². The van der Waals surface area contributed by atoms with Crippen LogP contribution in [0.3, 0.4) is 0 Å². The van der Waals surface area contributed by atoms with Gasteiger partial charge in [0.15, 0.2) is 5.78 Å². The Morgan fingerprint density at radius 1 is 1.30 bits per heavy atom. The van der Waals surface area contributed by atoms with Crippen LogP contribution in [-0.2, 0) is 14.3 Å². The maximum Gasteiger partial charge on any atom is 0.253 e. The lowest BCUT2D eigenvalue weighted by atomic mass is 9.91. The number of hydrogen-bond donors (Lipinski definition) is 3. The molecule has 4 atom stereocenters. The lowest BCUT2D eigenvalue weighted by Crippen LogP contribution is -2.53. The zero-order valence-electron chi connectivity index (χ0n) is 16.6. The molecule has 0 saturated carbocycles. The number of amides is 2. The minimum Gasteiger partial charge on any atom is -0.368 e. The van der Waals surface area contributed by atoms with Crippen molar-refractivity contribution in [1.29, 1.82) is 0 Å². The average Bonchev–Trinajstić information content (AvgIpc) is 3.28. The van der Waals surface area contributed by atoms with Crippen LogP contribution < -0.4 is 10.6 Å². The largest absolute Gasteiger partial charge is 0.368 e. The molecular weight excluding hydrogens is 346 g/mol. The van der Waals surface area contributed by atoms with Gasteiger partial charge in [-0.1, -0.05) is 27.7 Å². The van der Waals surface area contributed by atoms with E-state index in [0.29, 0.717) is 30.2 Å². The van der Waals surface area contributed by atoms with E-state index in [-0.39, 0.29) is 30.3 Å². The summed E-state index contributed by atoms with van der Waals surface area (Å²) in [6, 6.07) is 0.318. The summed E-state index contributed by atoms with van der Waals surface area (Å²) in [5, 5.41) is 5.61. The molecule has 1 aromatic rings. The fourth-order valence-corrected chi connectivity index (χ4v) is 3.10. The molecule has 0 radical (unpaired) electrons. The van der Waals surface area contributed by atoms with Crippen LogP contribution in [0.15, 0.2) is 18.5 Å². The SMILES string of the molecule is CCC1OCC(=O)C1NC(=O)C(CCC(C)C(C)C)NC(=O)c1cc[nH]c1. The molecule has 4 unspecified atom stereocenters. The van der Waals surface area contributed by atoms with Crippen molar-refractivity contribution in [3.8, 4) is 0 Å². The van der Waals surface area contributed by atoms with Crippen molar-refractivity contribution in [2.24, 2.45) is 11.8 Å². The summed E-state index contributed by atoms with van der Waals surface area (Å²) in [7, 11) is 0. The van der Waals surface area contributed by atoms with Crippen molar-refractivity contribution in [2.75, 3.05) is 6.61 Å². The van der Waals surface area contributed by atoms with Gasteiger partial charge in [0.1, 0.15) is 18.7 Å². The molecule has 1 aliphatic heterocycles. The van der Waals surface area contributed by atoms with Crippen LogP contribution in [0.5, 0.6) is 0 Å². The number of nitrogens with one attached hydrogen (secondary N) is 3. The molecule has 7 heteroatoms.